The molecule has 0 aromatic rings. The maximum Gasteiger partial charge on any atom is 0.0125 e. The first-order valence-electron chi connectivity index (χ1n) is 5.20. The van der Waals surface area contributed by atoms with Crippen molar-refractivity contribution in [2.75, 3.05) is 20.1 Å². The van der Waals surface area contributed by atoms with E-state index in [2.05, 4.69) is 24.2 Å². The van der Waals surface area contributed by atoms with Crippen molar-refractivity contribution < 1.29 is 0 Å². The van der Waals surface area contributed by atoms with Gasteiger partial charge in [-0.05, 0) is 45.7 Å². The van der Waals surface area contributed by atoms with E-state index in [1.165, 1.54) is 32.4 Å². The van der Waals surface area contributed by atoms with Gasteiger partial charge in [0.05, 0.1) is 0 Å². The molecule has 2 aliphatic heterocycles. The minimum Gasteiger partial charge on any atom is -0.311 e. The minimum atomic E-state index is 0.780. The maximum atomic E-state index is 3.61. The molecule has 2 aliphatic rings. The Morgan fingerprint density at radius 3 is 2.75 bits per heavy atom. The molecule has 0 aromatic carbocycles. The second kappa shape index (κ2) is 3.35. The summed E-state index contributed by atoms with van der Waals surface area (Å²) in [6.07, 6.45) is 4.24. The van der Waals surface area contributed by atoms with Crippen molar-refractivity contribution in [3.8, 4) is 0 Å². The summed E-state index contributed by atoms with van der Waals surface area (Å²) in [5.41, 5.74) is 0. The van der Waals surface area contributed by atoms with Gasteiger partial charge in [0.2, 0.25) is 0 Å². The van der Waals surface area contributed by atoms with E-state index in [0.717, 1.165) is 18.0 Å². The van der Waals surface area contributed by atoms with Crippen LogP contribution in [-0.4, -0.2) is 37.1 Å². The first-order valence-corrected chi connectivity index (χ1v) is 5.20. The van der Waals surface area contributed by atoms with Gasteiger partial charge in [0.25, 0.3) is 0 Å². The van der Waals surface area contributed by atoms with E-state index in [9.17, 15) is 0 Å². The Kier molecular flexibility index (Phi) is 2.37. The van der Waals surface area contributed by atoms with Crippen molar-refractivity contribution in [2.24, 2.45) is 5.92 Å². The van der Waals surface area contributed by atoms with Crippen LogP contribution in [0.15, 0.2) is 0 Å². The molecule has 0 bridgehead atoms. The van der Waals surface area contributed by atoms with Gasteiger partial charge in [-0.15, -0.1) is 0 Å². The molecule has 2 nitrogen and oxygen atoms in total. The Labute approximate surface area is 75.3 Å². The number of likely N-dealkylation sites (tertiary alicyclic amines) is 1. The molecular weight excluding hydrogens is 148 g/mol. The van der Waals surface area contributed by atoms with E-state index in [1.54, 1.807) is 0 Å². The van der Waals surface area contributed by atoms with Crippen LogP contribution >= 0.6 is 0 Å². The lowest BCUT2D eigenvalue weighted by molar-refractivity contribution is 0.120. The zero-order chi connectivity index (χ0) is 8.55. The quantitative estimate of drug-likeness (QED) is 0.630. The van der Waals surface area contributed by atoms with Gasteiger partial charge in [0, 0.05) is 18.6 Å². The highest BCUT2D eigenvalue weighted by Crippen LogP contribution is 2.26. The lowest BCUT2D eigenvalue weighted by atomic mass is 9.82. The Hall–Kier alpha value is -0.0800. The van der Waals surface area contributed by atoms with Crippen molar-refractivity contribution in [3.05, 3.63) is 0 Å². The van der Waals surface area contributed by atoms with Crippen LogP contribution in [0.4, 0.5) is 0 Å². The van der Waals surface area contributed by atoms with E-state index < -0.39 is 0 Å². The Morgan fingerprint density at radius 1 is 1.42 bits per heavy atom. The van der Waals surface area contributed by atoms with Gasteiger partial charge in [0.15, 0.2) is 0 Å². The molecule has 0 aromatic heterocycles. The van der Waals surface area contributed by atoms with Crippen LogP contribution in [0.1, 0.15) is 26.2 Å². The number of nitrogens with one attached hydrogen (secondary N) is 1. The topological polar surface area (TPSA) is 15.3 Å². The summed E-state index contributed by atoms with van der Waals surface area (Å²) in [5, 5.41) is 3.61. The average molecular weight is 168 g/mol. The highest BCUT2D eigenvalue weighted by molar-refractivity contribution is 4.92. The van der Waals surface area contributed by atoms with E-state index >= 15 is 0 Å². The van der Waals surface area contributed by atoms with Gasteiger partial charge in [-0.25, -0.2) is 0 Å². The normalized spacial score (nSPS) is 44.0. The summed E-state index contributed by atoms with van der Waals surface area (Å²) < 4.78 is 0. The lowest BCUT2D eigenvalue weighted by Gasteiger charge is -2.44. The van der Waals surface area contributed by atoms with Crippen LogP contribution in [0.25, 0.3) is 0 Å². The summed E-state index contributed by atoms with van der Waals surface area (Å²) in [4.78, 5) is 2.47. The fraction of sp³-hybridized carbons (Fsp3) is 1.00. The zero-order valence-corrected chi connectivity index (χ0v) is 8.21. The van der Waals surface area contributed by atoms with E-state index in [4.69, 9.17) is 0 Å². The largest absolute Gasteiger partial charge is 0.311 e. The molecule has 0 spiro atoms. The first-order chi connectivity index (χ1) is 5.75. The second-order valence-electron chi connectivity index (χ2n) is 4.57. The van der Waals surface area contributed by atoms with Crippen molar-refractivity contribution in [1.82, 2.24) is 10.2 Å². The van der Waals surface area contributed by atoms with Crippen LogP contribution in [0.5, 0.6) is 0 Å². The fourth-order valence-corrected chi connectivity index (χ4v) is 2.59. The van der Waals surface area contributed by atoms with Crippen LogP contribution in [0.3, 0.4) is 0 Å². The Balaban J connectivity index is 1.80. The van der Waals surface area contributed by atoms with E-state index in [0.29, 0.717) is 0 Å². The van der Waals surface area contributed by atoms with Gasteiger partial charge in [-0.1, -0.05) is 0 Å². The SMILES string of the molecule is CC1CC(C2CCCN(C)C2)N1. The lowest BCUT2D eigenvalue weighted by Crippen LogP contribution is -2.57. The van der Waals surface area contributed by atoms with Crippen molar-refractivity contribution in [2.45, 2.75) is 38.3 Å². The molecule has 2 fully saturated rings. The van der Waals surface area contributed by atoms with Gasteiger partial charge in [0.1, 0.15) is 0 Å². The number of rotatable bonds is 1. The van der Waals surface area contributed by atoms with Gasteiger partial charge in [-0.3, -0.25) is 0 Å². The third-order valence-electron chi connectivity index (χ3n) is 3.34. The third kappa shape index (κ3) is 1.64. The van der Waals surface area contributed by atoms with E-state index in [-0.39, 0.29) is 0 Å². The van der Waals surface area contributed by atoms with E-state index in [1.807, 2.05) is 0 Å². The Morgan fingerprint density at radius 2 is 2.17 bits per heavy atom. The Bertz CT molecular complexity index is 152. The monoisotopic (exact) mass is 168 g/mol. The molecule has 2 saturated heterocycles. The molecule has 2 rings (SSSR count). The molecule has 2 heteroatoms. The van der Waals surface area contributed by atoms with Crippen LogP contribution in [0.2, 0.25) is 0 Å². The maximum absolute atomic E-state index is 3.61. The highest BCUT2D eigenvalue weighted by atomic mass is 15.1. The van der Waals surface area contributed by atoms with Gasteiger partial charge >= 0.3 is 0 Å². The molecule has 70 valence electrons. The van der Waals surface area contributed by atoms with Crippen molar-refractivity contribution >= 4 is 0 Å². The molecular formula is C10H20N2. The molecule has 0 saturated carbocycles. The van der Waals surface area contributed by atoms with Crippen LogP contribution in [0, 0.1) is 5.92 Å². The summed E-state index contributed by atoms with van der Waals surface area (Å²) in [6, 6.07) is 1.62. The van der Waals surface area contributed by atoms with Crippen molar-refractivity contribution in [3.63, 3.8) is 0 Å². The predicted octanol–water partition coefficient (Wildman–Crippen LogP) is 1.08. The first kappa shape index (κ1) is 8.52. The zero-order valence-electron chi connectivity index (χ0n) is 8.21. The molecule has 2 heterocycles. The van der Waals surface area contributed by atoms with Gasteiger partial charge < -0.3 is 10.2 Å². The smallest absolute Gasteiger partial charge is 0.0125 e. The number of hydrogen-bond donors (Lipinski definition) is 1. The molecule has 12 heavy (non-hydrogen) atoms. The fourth-order valence-electron chi connectivity index (χ4n) is 2.59. The number of piperidine rings is 1. The molecule has 0 amide bonds. The molecule has 0 aliphatic carbocycles. The average Bonchev–Trinajstić information content (AvgIpc) is 1.99. The van der Waals surface area contributed by atoms with Gasteiger partial charge in [-0.2, -0.15) is 0 Å². The molecule has 3 unspecified atom stereocenters. The summed E-state index contributed by atoms with van der Waals surface area (Å²) in [5.74, 6) is 0.931. The summed E-state index contributed by atoms with van der Waals surface area (Å²) in [7, 11) is 2.24. The molecule has 1 N–H and O–H groups in total. The second-order valence-corrected chi connectivity index (χ2v) is 4.57. The highest BCUT2D eigenvalue weighted by Gasteiger charge is 2.33. The number of nitrogens with zero attached hydrogens (tertiary/aromatic N) is 1. The number of hydrogen-bond acceptors (Lipinski definition) is 2. The standard InChI is InChI=1S/C10H20N2/c1-8-6-10(11-8)9-4-3-5-12(2)7-9/h8-11H,3-7H2,1-2H3. The van der Waals surface area contributed by atoms with Crippen molar-refractivity contribution in [1.29, 1.82) is 0 Å². The van der Waals surface area contributed by atoms with Crippen LogP contribution < -0.4 is 5.32 Å². The molecule has 0 radical (unpaired) electrons. The van der Waals surface area contributed by atoms with Crippen LogP contribution in [-0.2, 0) is 0 Å². The molecule has 3 atom stereocenters. The third-order valence-corrected chi connectivity index (χ3v) is 3.34. The summed E-state index contributed by atoms with van der Waals surface area (Å²) in [6.45, 7) is 4.90. The summed E-state index contributed by atoms with van der Waals surface area (Å²) >= 11 is 0. The minimum absolute atomic E-state index is 0.780. The predicted molar refractivity (Wildman–Crippen MR) is 51.2 cm³/mol.